The van der Waals surface area contributed by atoms with Crippen LogP contribution in [-0.2, 0) is 14.8 Å². The average Bonchev–Trinajstić information content (AvgIpc) is 2.58. The first-order valence-corrected chi connectivity index (χ1v) is 11.3. The average molecular weight is 304 g/mol. The number of sulfonamides is 1. The number of hydrogen-bond donors (Lipinski definition) is 1. The van der Waals surface area contributed by atoms with E-state index in [0.29, 0.717) is 18.4 Å². The summed E-state index contributed by atoms with van der Waals surface area (Å²) in [4.78, 5) is 11.5. The molecule has 19 heavy (non-hydrogen) atoms. The van der Waals surface area contributed by atoms with Crippen molar-refractivity contribution in [3.8, 4) is 0 Å². The predicted molar refractivity (Wildman–Crippen MR) is 81.1 cm³/mol. The number of carbonyl (C=O) groups excluding carboxylic acids is 1. The highest BCUT2D eigenvalue weighted by Gasteiger charge is 2.38. The summed E-state index contributed by atoms with van der Waals surface area (Å²) in [5.74, 6) is 0.0168. The highest BCUT2D eigenvalue weighted by atomic mass is 32.2. The van der Waals surface area contributed by atoms with Crippen LogP contribution in [0.2, 0.25) is 18.1 Å². The number of carbonyl (C=O) groups is 1. The molecule has 0 radical (unpaired) electrons. The highest BCUT2D eigenvalue weighted by molar-refractivity contribution is 7.91. The van der Waals surface area contributed by atoms with Gasteiger partial charge in [0.25, 0.3) is 0 Å². The third kappa shape index (κ3) is 4.54. The molecule has 1 fully saturated rings. The van der Waals surface area contributed by atoms with Crippen molar-refractivity contribution in [3.05, 3.63) is 11.6 Å². The van der Waals surface area contributed by atoms with Gasteiger partial charge in [0.2, 0.25) is 10.0 Å². The summed E-state index contributed by atoms with van der Waals surface area (Å²) in [6.07, 6.45) is 3.71. The Kier molecular flexibility index (Phi) is 4.80. The fourth-order valence-corrected chi connectivity index (χ4v) is 6.84. The lowest BCUT2D eigenvalue weighted by Crippen LogP contribution is -2.54. The first-order valence-electron chi connectivity index (χ1n) is 6.68. The Bertz CT molecular complexity index is 487. The third-order valence-corrected chi connectivity index (χ3v) is 11.7. The Hall–Kier alpha value is -0.463. The van der Waals surface area contributed by atoms with E-state index in [-0.39, 0.29) is 16.6 Å². The predicted octanol–water partition coefficient (Wildman–Crippen LogP) is 2.59. The molecular formula is C13H25NO3SSi. The first-order chi connectivity index (χ1) is 8.45. The summed E-state index contributed by atoms with van der Waals surface area (Å²) in [5, 5.41) is -0.0452. The molecule has 0 amide bonds. The molecule has 1 rings (SSSR count). The summed E-state index contributed by atoms with van der Waals surface area (Å²) in [6, 6.07) is 0. The van der Waals surface area contributed by atoms with E-state index in [1.54, 1.807) is 6.08 Å². The van der Waals surface area contributed by atoms with Gasteiger partial charge in [-0.2, -0.15) is 0 Å². The van der Waals surface area contributed by atoms with Crippen molar-refractivity contribution in [1.82, 2.24) is 4.39 Å². The number of nitrogens with one attached hydrogen (secondary N) is 1. The van der Waals surface area contributed by atoms with Crippen molar-refractivity contribution in [3.63, 3.8) is 0 Å². The Morgan fingerprint density at radius 2 is 1.84 bits per heavy atom. The van der Waals surface area contributed by atoms with Crippen LogP contribution in [0.5, 0.6) is 0 Å². The molecule has 4 nitrogen and oxygen atoms in total. The van der Waals surface area contributed by atoms with E-state index in [2.05, 4.69) is 25.2 Å². The molecule has 6 heteroatoms. The molecule has 0 atom stereocenters. The molecule has 0 spiro atoms. The maximum Gasteiger partial charge on any atom is 0.209 e. The topological polar surface area (TPSA) is 63.2 Å². The van der Waals surface area contributed by atoms with Gasteiger partial charge in [-0.05, 0) is 23.5 Å². The van der Waals surface area contributed by atoms with Crippen LogP contribution >= 0.6 is 0 Å². The fraction of sp³-hybridized carbons (Fsp3) is 0.769. The number of ketones is 1. The zero-order valence-corrected chi connectivity index (χ0v) is 14.4. The minimum atomic E-state index is -3.35. The van der Waals surface area contributed by atoms with Gasteiger partial charge in [-0.3, -0.25) is 4.79 Å². The van der Waals surface area contributed by atoms with E-state index < -0.39 is 18.3 Å². The molecule has 0 aromatic rings. The Labute approximate surface area is 117 Å². The molecule has 0 unspecified atom stereocenters. The normalized spacial score (nSPS) is 20.3. The molecule has 0 aromatic carbocycles. The van der Waals surface area contributed by atoms with Crippen LogP contribution in [0, 0.1) is 0 Å². The SMILES string of the molecule is CC(C)(C)[Si](C)(C)NS(=O)(=O)C/C=C1/CCCC1=O. The lowest BCUT2D eigenvalue weighted by Gasteiger charge is -2.36. The second-order valence-electron chi connectivity index (χ2n) is 6.76. The number of hydrogen-bond acceptors (Lipinski definition) is 3. The first kappa shape index (κ1) is 16.6. The summed E-state index contributed by atoms with van der Waals surface area (Å²) < 4.78 is 27.1. The van der Waals surface area contributed by atoms with Crippen LogP contribution in [0.4, 0.5) is 0 Å². The minimum absolute atomic E-state index is 0.0452. The lowest BCUT2D eigenvalue weighted by molar-refractivity contribution is -0.114. The largest absolute Gasteiger partial charge is 0.295 e. The van der Waals surface area contributed by atoms with Gasteiger partial charge in [-0.15, -0.1) is 0 Å². The van der Waals surface area contributed by atoms with Crippen molar-refractivity contribution in [2.45, 2.75) is 58.2 Å². The van der Waals surface area contributed by atoms with E-state index in [4.69, 9.17) is 0 Å². The van der Waals surface area contributed by atoms with Gasteiger partial charge in [0.15, 0.2) is 5.78 Å². The molecule has 110 valence electrons. The van der Waals surface area contributed by atoms with Gasteiger partial charge in [-0.1, -0.05) is 39.9 Å². The van der Waals surface area contributed by atoms with Crippen LogP contribution in [0.3, 0.4) is 0 Å². The number of Topliss-reactive ketones (excluding diaryl/α,β-unsaturated/α-hetero) is 1. The van der Waals surface area contributed by atoms with E-state index >= 15 is 0 Å². The molecule has 1 N–H and O–H groups in total. The molecular weight excluding hydrogens is 278 g/mol. The number of rotatable bonds is 4. The smallest absolute Gasteiger partial charge is 0.209 e. The molecule has 1 aliphatic rings. The molecule has 1 aliphatic carbocycles. The molecule has 0 aliphatic heterocycles. The second kappa shape index (κ2) is 5.50. The van der Waals surface area contributed by atoms with E-state index in [9.17, 15) is 13.2 Å². The van der Waals surface area contributed by atoms with Crippen molar-refractivity contribution < 1.29 is 13.2 Å². The monoisotopic (exact) mass is 303 g/mol. The van der Waals surface area contributed by atoms with Gasteiger partial charge < -0.3 is 0 Å². The van der Waals surface area contributed by atoms with Gasteiger partial charge >= 0.3 is 0 Å². The van der Waals surface area contributed by atoms with E-state index in [1.807, 2.05) is 13.1 Å². The van der Waals surface area contributed by atoms with Crippen molar-refractivity contribution >= 4 is 24.0 Å². The molecule has 0 bridgehead atoms. The minimum Gasteiger partial charge on any atom is -0.295 e. The van der Waals surface area contributed by atoms with Gasteiger partial charge in [0, 0.05) is 6.42 Å². The second-order valence-corrected chi connectivity index (χ2v) is 13.9. The van der Waals surface area contributed by atoms with Gasteiger partial charge in [0.05, 0.1) is 5.75 Å². The fourth-order valence-electron chi connectivity index (χ4n) is 1.75. The highest BCUT2D eigenvalue weighted by Crippen LogP contribution is 2.34. The van der Waals surface area contributed by atoms with Crippen molar-refractivity contribution in [1.29, 1.82) is 0 Å². The van der Waals surface area contributed by atoms with E-state index in [1.165, 1.54) is 0 Å². The number of allylic oxidation sites excluding steroid dienone is 1. The van der Waals surface area contributed by atoms with Gasteiger partial charge in [-0.25, -0.2) is 12.8 Å². The zero-order chi connectivity index (χ0) is 14.9. The maximum atomic E-state index is 12.1. The third-order valence-electron chi connectivity index (χ3n) is 4.04. The van der Waals surface area contributed by atoms with Crippen LogP contribution < -0.4 is 4.39 Å². The lowest BCUT2D eigenvalue weighted by atomic mass is 10.2. The van der Waals surface area contributed by atoms with Crippen LogP contribution in [0.1, 0.15) is 40.0 Å². The van der Waals surface area contributed by atoms with Crippen molar-refractivity contribution in [2.24, 2.45) is 0 Å². The summed E-state index contributed by atoms with van der Waals surface area (Å²) in [7, 11) is -5.44. The molecule has 0 heterocycles. The summed E-state index contributed by atoms with van der Waals surface area (Å²) in [6.45, 7) is 10.2. The van der Waals surface area contributed by atoms with Crippen LogP contribution in [0.25, 0.3) is 0 Å². The standard InChI is InChI=1S/C13H25NO3SSi/c1-13(2,3)19(4,5)14-18(16,17)10-9-11-7-6-8-12(11)15/h9,14H,6-8,10H2,1-5H3/b11-9-. The maximum absolute atomic E-state index is 12.1. The Balaban J connectivity index is 2.75. The summed E-state index contributed by atoms with van der Waals surface area (Å²) in [5.41, 5.74) is 0.681. The van der Waals surface area contributed by atoms with Crippen LogP contribution in [0.15, 0.2) is 11.6 Å². The summed E-state index contributed by atoms with van der Waals surface area (Å²) >= 11 is 0. The Morgan fingerprint density at radius 3 is 2.26 bits per heavy atom. The van der Waals surface area contributed by atoms with Crippen molar-refractivity contribution in [2.75, 3.05) is 5.75 Å². The van der Waals surface area contributed by atoms with Crippen LogP contribution in [-0.4, -0.2) is 28.2 Å². The quantitative estimate of drug-likeness (QED) is 0.641. The van der Waals surface area contributed by atoms with Gasteiger partial charge in [0.1, 0.15) is 8.24 Å². The zero-order valence-electron chi connectivity index (χ0n) is 12.5. The molecule has 0 aromatic heterocycles. The van der Waals surface area contributed by atoms with E-state index in [0.717, 1.165) is 6.42 Å². The Morgan fingerprint density at radius 1 is 1.26 bits per heavy atom. The molecule has 1 saturated carbocycles. The molecule has 0 saturated heterocycles.